The van der Waals surface area contributed by atoms with Crippen LogP contribution in [0.1, 0.15) is 37.0 Å². The van der Waals surface area contributed by atoms with Crippen molar-refractivity contribution in [3.63, 3.8) is 0 Å². The van der Waals surface area contributed by atoms with Crippen LogP contribution < -0.4 is 4.74 Å². The molecule has 1 saturated heterocycles. The van der Waals surface area contributed by atoms with Crippen molar-refractivity contribution in [3.8, 4) is 5.75 Å². The van der Waals surface area contributed by atoms with Gasteiger partial charge in [-0.05, 0) is 61.4 Å². The minimum Gasteiger partial charge on any atom is -0.486 e. The molecular weight excluding hydrogens is 429 g/mol. The maximum Gasteiger partial charge on any atom is 0.293 e. The summed E-state index contributed by atoms with van der Waals surface area (Å²) < 4.78 is 5.82. The van der Waals surface area contributed by atoms with Crippen LogP contribution in [0.4, 0.5) is 4.79 Å². The number of hydrogen-bond acceptors (Lipinski definition) is 4. The molecule has 152 valence electrons. The Morgan fingerprint density at radius 1 is 1.17 bits per heavy atom. The zero-order valence-corrected chi connectivity index (χ0v) is 18.7. The summed E-state index contributed by atoms with van der Waals surface area (Å²) in [7, 11) is 0. The molecule has 0 aliphatic carbocycles. The van der Waals surface area contributed by atoms with Crippen molar-refractivity contribution >= 4 is 52.2 Å². The number of carbonyl (C=O) groups excluding carboxylic acids is 2. The predicted molar refractivity (Wildman–Crippen MR) is 120 cm³/mol. The fourth-order valence-electron chi connectivity index (χ4n) is 2.95. The minimum atomic E-state index is -0.290. The lowest BCUT2D eigenvalue weighted by Crippen LogP contribution is -2.36. The molecule has 0 bridgehead atoms. The van der Waals surface area contributed by atoms with Crippen LogP contribution in [-0.2, 0) is 11.4 Å². The molecule has 1 heterocycles. The number of thioether (sulfide) groups is 1. The van der Waals surface area contributed by atoms with E-state index in [0.717, 1.165) is 22.9 Å². The Bertz CT molecular complexity index is 967. The number of aryl methyl sites for hydroxylation is 1. The molecule has 1 atom stereocenters. The third kappa shape index (κ3) is 4.97. The van der Waals surface area contributed by atoms with Gasteiger partial charge in [-0.1, -0.05) is 60.0 Å². The topological polar surface area (TPSA) is 46.6 Å². The lowest BCUT2D eigenvalue weighted by molar-refractivity contribution is -0.124. The molecule has 1 aliphatic heterocycles. The van der Waals surface area contributed by atoms with Crippen LogP contribution in [0.25, 0.3) is 6.08 Å². The summed E-state index contributed by atoms with van der Waals surface area (Å²) in [6, 6.07) is 11.2. The lowest BCUT2D eigenvalue weighted by atomic mass is 10.1. The van der Waals surface area contributed by atoms with E-state index in [1.165, 1.54) is 4.90 Å². The maximum atomic E-state index is 12.6. The van der Waals surface area contributed by atoms with E-state index in [2.05, 4.69) is 0 Å². The van der Waals surface area contributed by atoms with Crippen molar-refractivity contribution in [2.75, 3.05) is 0 Å². The van der Waals surface area contributed by atoms with Crippen molar-refractivity contribution < 1.29 is 14.3 Å². The van der Waals surface area contributed by atoms with Gasteiger partial charge in [-0.25, -0.2) is 0 Å². The lowest BCUT2D eigenvalue weighted by Gasteiger charge is -2.19. The van der Waals surface area contributed by atoms with Gasteiger partial charge >= 0.3 is 0 Å². The average molecular weight is 450 g/mol. The maximum absolute atomic E-state index is 12.6. The highest BCUT2D eigenvalue weighted by Crippen LogP contribution is 2.38. The van der Waals surface area contributed by atoms with Gasteiger partial charge < -0.3 is 4.74 Å². The fraction of sp³-hybridized carbons (Fsp3) is 0.273. The van der Waals surface area contributed by atoms with Gasteiger partial charge in [0.1, 0.15) is 6.61 Å². The van der Waals surface area contributed by atoms with E-state index in [4.69, 9.17) is 27.9 Å². The summed E-state index contributed by atoms with van der Waals surface area (Å²) in [5, 5.41) is 0.431. The van der Waals surface area contributed by atoms with Gasteiger partial charge in [0.15, 0.2) is 5.75 Å². The second kappa shape index (κ2) is 9.24. The van der Waals surface area contributed by atoms with Gasteiger partial charge in [-0.3, -0.25) is 14.5 Å². The van der Waals surface area contributed by atoms with Crippen molar-refractivity contribution in [3.05, 3.63) is 68.0 Å². The van der Waals surface area contributed by atoms with Crippen LogP contribution in [0.15, 0.2) is 41.3 Å². The molecule has 3 rings (SSSR count). The van der Waals surface area contributed by atoms with Crippen LogP contribution in [0.2, 0.25) is 10.0 Å². The van der Waals surface area contributed by atoms with Crippen molar-refractivity contribution in [1.82, 2.24) is 4.90 Å². The van der Waals surface area contributed by atoms with E-state index in [9.17, 15) is 9.59 Å². The number of amides is 2. The zero-order chi connectivity index (χ0) is 21.1. The third-order valence-corrected chi connectivity index (χ3v) is 6.08. The predicted octanol–water partition coefficient (Wildman–Crippen LogP) is 6.72. The van der Waals surface area contributed by atoms with Crippen LogP contribution in [0.5, 0.6) is 5.75 Å². The molecule has 2 aromatic rings. The molecule has 0 saturated carbocycles. The molecule has 1 fully saturated rings. The van der Waals surface area contributed by atoms with E-state index in [1.807, 2.05) is 45.0 Å². The van der Waals surface area contributed by atoms with Gasteiger partial charge in [0.25, 0.3) is 11.1 Å². The first-order valence-corrected chi connectivity index (χ1v) is 10.8. The highest BCUT2D eigenvalue weighted by atomic mass is 35.5. The quantitative estimate of drug-likeness (QED) is 0.459. The summed E-state index contributed by atoms with van der Waals surface area (Å²) in [5.74, 6) is 0.0982. The molecule has 0 unspecified atom stereocenters. The Balaban J connectivity index is 1.79. The number of imide groups is 1. The molecule has 0 radical (unpaired) electrons. The van der Waals surface area contributed by atoms with Gasteiger partial charge in [0.2, 0.25) is 0 Å². The Hall–Kier alpha value is -1.95. The molecule has 0 spiro atoms. The highest BCUT2D eigenvalue weighted by Gasteiger charge is 2.37. The van der Waals surface area contributed by atoms with Crippen molar-refractivity contribution in [2.45, 2.75) is 39.8 Å². The number of halogens is 2. The number of rotatable bonds is 6. The molecule has 29 heavy (non-hydrogen) atoms. The Kier molecular flexibility index (Phi) is 6.93. The minimum absolute atomic E-state index is 0.141. The van der Waals surface area contributed by atoms with Crippen LogP contribution >= 0.6 is 35.0 Å². The molecule has 4 nitrogen and oxygen atoms in total. The molecule has 2 amide bonds. The number of nitrogens with zero attached hydrogens (tertiary/aromatic N) is 1. The first-order valence-electron chi connectivity index (χ1n) is 9.24. The van der Waals surface area contributed by atoms with E-state index >= 15 is 0 Å². The van der Waals surface area contributed by atoms with Crippen molar-refractivity contribution in [2.24, 2.45) is 0 Å². The fourth-order valence-corrected chi connectivity index (χ4v) is 4.49. The molecular formula is C22H21Cl2NO3S. The smallest absolute Gasteiger partial charge is 0.293 e. The largest absolute Gasteiger partial charge is 0.486 e. The van der Waals surface area contributed by atoms with E-state index in [1.54, 1.807) is 18.2 Å². The van der Waals surface area contributed by atoms with Crippen LogP contribution in [0, 0.1) is 6.92 Å². The first-order chi connectivity index (χ1) is 13.8. The Morgan fingerprint density at radius 3 is 2.48 bits per heavy atom. The van der Waals surface area contributed by atoms with Crippen LogP contribution in [0.3, 0.4) is 0 Å². The van der Waals surface area contributed by atoms with E-state index < -0.39 is 0 Å². The molecule has 2 aromatic carbocycles. The molecule has 1 aliphatic rings. The number of carbonyl (C=O) groups is 2. The normalized spacial score (nSPS) is 16.6. The summed E-state index contributed by atoms with van der Waals surface area (Å²) in [4.78, 5) is 26.4. The van der Waals surface area contributed by atoms with Gasteiger partial charge in [0.05, 0.1) is 15.0 Å². The monoisotopic (exact) mass is 449 g/mol. The van der Waals surface area contributed by atoms with E-state index in [0.29, 0.717) is 39.3 Å². The van der Waals surface area contributed by atoms with Crippen molar-refractivity contribution in [1.29, 1.82) is 0 Å². The van der Waals surface area contributed by atoms with Gasteiger partial charge in [0, 0.05) is 6.04 Å². The SMILES string of the molecule is CC[C@H](C)N1C(=O)S/C(=C/c2cc(Cl)c(OCc3cccc(C)c3)c(Cl)c2)C1=O. The number of benzene rings is 2. The van der Waals surface area contributed by atoms with E-state index in [-0.39, 0.29) is 17.2 Å². The third-order valence-electron chi connectivity index (χ3n) is 4.64. The Morgan fingerprint density at radius 2 is 1.86 bits per heavy atom. The molecule has 0 aromatic heterocycles. The summed E-state index contributed by atoms with van der Waals surface area (Å²) in [6.07, 6.45) is 2.34. The zero-order valence-electron chi connectivity index (χ0n) is 16.4. The van der Waals surface area contributed by atoms with Gasteiger partial charge in [-0.15, -0.1) is 0 Å². The summed E-state index contributed by atoms with van der Waals surface area (Å²) >= 11 is 13.7. The van der Waals surface area contributed by atoms with Gasteiger partial charge in [-0.2, -0.15) is 0 Å². The Labute approximate surface area is 184 Å². The first kappa shape index (κ1) is 21.8. The summed E-state index contributed by atoms with van der Waals surface area (Å²) in [5.41, 5.74) is 2.79. The average Bonchev–Trinajstić information content (AvgIpc) is 2.94. The summed E-state index contributed by atoms with van der Waals surface area (Å²) in [6.45, 7) is 6.15. The van der Waals surface area contributed by atoms with Crippen LogP contribution in [-0.4, -0.2) is 22.1 Å². The second-order valence-electron chi connectivity index (χ2n) is 6.90. The second-order valence-corrected chi connectivity index (χ2v) is 8.71. The molecule has 0 N–H and O–H groups in total. The standard InChI is InChI=1S/C22H21Cl2NO3S/c1-4-14(3)25-21(26)19(29-22(25)27)11-16-9-17(23)20(18(24)10-16)28-12-15-7-5-6-13(2)8-15/h5-11,14H,4,12H2,1-3H3/b19-11+/t14-/m0/s1. The molecule has 7 heteroatoms. The highest BCUT2D eigenvalue weighted by molar-refractivity contribution is 8.18. The number of hydrogen-bond donors (Lipinski definition) is 0. The number of ether oxygens (including phenoxy) is 1.